The van der Waals surface area contributed by atoms with Crippen LogP contribution in [-0.2, 0) is 16.0 Å². The van der Waals surface area contributed by atoms with E-state index >= 15 is 0 Å². The number of likely N-dealkylation sites (tertiary alicyclic amines) is 1. The summed E-state index contributed by atoms with van der Waals surface area (Å²) in [4.78, 5) is 31.4. The number of benzene rings is 1. The molecule has 0 bridgehead atoms. The average molecular weight is 393 g/mol. The number of amides is 2. The Hall–Kier alpha value is -2.89. The van der Waals surface area contributed by atoms with Gasteiger partial charge in [0.25, 0.3) is 0 Å². The lowest BCUT2D eigenvalue weighted by molar-refractivity contribution is -0.138. The minimum atomic E-state index is -0.457. The van der Waals surface area contributed by atoms with Crippen LogP contribution in [0.25, 0.3) is 0 Å². The molecule has 1 aromatic carbocycles. The number of nitrogens with one attached hydrogen (secondary N) is 1. The Morgan fingerprint density at radius 3 is 2.69 bits per heavy atom. The molecule has 1 aliphatic heterocycles. The summed E-state index contributed by atoms with van der Waals surface area (Å²) in [5, 5.41) is 3.05. The van der Waals surface area contributed by atoms with Gasteiger partial charge in [-0.3, -0.25) is 14.6 Å². The molecule has 4 rings (SSSR count). The molecule has 2 atom stereocenters. The van der Waals surface area contributed by atoms with Crippen LogP contribution in [0.2, 0.25) is 0 Å². The lowest BCUT2D eigenvalue weighted by Gasteiger charge is -2.23. The minimum absolute atomic E-state index is 0.0224. The third-order valence-corrected chi connectivity index (χ3v) is 5.45. The van der Waals surface area contributed by atoms with Crippen LogP contribution in [0, 0.1) is 0 Å². The summed E-state index contributed by atoms with van der Waals surface area (Å²) in [5.41, 5.74) is 1.22. The molecular weight excluding hydrogens is 366 g/mol. The van der Waals surface area contributed by atoms with E-state index in [1.807, 2.05) is 30.3 Å². The van der Waals surface area contributed by atoms with Gasteiger partial charge in [0.1, 0.15) is 17.9 Å². The predicted molar refractivity (Wildman–Crippen MR) is 109 cm³/mol. The highest BCUT2D eigenvalue weighted by molar-refractivity contribution is 5.88. The molecule has 2 aliphatic rings. The Balaban J connectivity index is 1.37. The Morgan fingerprint density at radius 2 is 1.97 bits per heavy atom. The molecule has 152 valence electrons. The van der Waals surface area contributed by atoms with Crippen molar-refractivity contribution in [3.63, 3.8) is 0 Å². The Morgan fingerprint density at radius 1 is 1.14 bits per heavy atom. The largest absolute Gasteiger partial charge is 0.487 e. The summed E-state index contributed by atoms with van der Waals surface area (Å²) >= 11 is 0. The standard InChI is InChI=1S/C23H27N3O3/c27-22(10-4-8-17-6-2-1-3-7-17)26-16-20(29-19-9-5-13-24-15-19)14-21(26)23(28)25-18-11-12-18/h1-3,5-7,9,13,15,18,20-21H,4,8,10-12,14,16H2,(H,25,28)/t20-,21-/m0/s1. The zero-order valence-electron chi connectivity index (χ0n) is 16.5. The van der Waals surface area contributed by atoms with Crippen molar-refractivity contribution in [3.8, 4) is 5.75 Å². The van der Waals surface area contributed by atoms with E-state index in [9.17, 15) is 9.59 Å². The van der Waals surface area contributed by atoms with E-state index in [0.717, 1.165) is 25.7 Å². The fraction of sp³-hybridized carbons (Fsp3) is 0.435. The molecule has 1 saturated heterocycles. The van der Waals surface area contributed by atoms with Crippen LogP contribution < -0.4 is 10.1 Å². The van der Waals surface area contributed by atoms with Gasteiger partial charge in [0.05, 0.1) is 12.7 Å². The van der Waals surface area contributed by atoms with E-state index in [2.05, 4.69) is 22.4 Å². The summed E-state index contributed by atoms with van der Waals surface area (Å²) in [6, 6.07) is 13.6. The molecule has 1 N–H and O–H groups in total. The zero-order chi connectivity index (χ0) is 20.1. The van der Waals surface area contributed by atoms with Gasteiger partial charge in [0, 0.05) is 25.1 Å². The van der Waals surface area contributed by atoms with Crippen LogP contribution in [0.15, 0.2) is 54.9 Å². The van der Waals surface area contributed by atoms with Gasteiger partial charge in [-0.1, -0.05) is 30.3 Å². The quantitative estimate of drug-likeness (QED) is 0.749. The molecule has 2 amide bonds. The van der Waals surface area contributed by atoms with E-state index in [4.69, 9.17) is 4.74 Å². The van der Waals surface area contributed by atoms with Crippen molar-refractivity contribution in [2.24, 2.45) is 0 Å². The van der Waals surface area contributed by atoms with Crippen LogP contribution in [0.5, 0.6) is 5.75 Å². The van der Waals surface area contributed by atoms with E-state index in [1.165, 1.54) is 5.56 Å². The van der Waals surface area contributed by atoms with E-state index in [0.29, 0.717) is 25.1 Å². The number of carbonyl (C=O) groups is 2. The third-order valence-electron chi connectivity index (χ3n) is 5.45. The maximum atomic E-state index is 12.9. The van der Waals surface area contributed by atoms with Gasteiger partial charge in [-0.25, -0.2) is 0 Å². The first-order valence-electron chi connectivity index (χ1n) is 10.4. The zero-order valence-corrected chi connectivity index (χ0v) is 16.5. The molecule has 6 heteroatoms. The highest BCUT2D eigenvalue weighted by Gasteiger charge is 2.41. The molecule has 0 radical (unpaired) electrons. The summed E-state index contributed by atoms with van der Waals surface area (Å²) in [6.07, 6.45) is 7.77. The molecule has 1 aromatic heterocycles. The van der Waals surface area contributed by atoms with Crippen LogP contribution in [-0.4, -0.2) is 46.4 Å². The van der Waals surface area contributed by atoms with Crippen molar-refractivity contribution >= 4 is 11.8 Å². The molecular formula is C23H27N3O3. The lowest BCUT2D eigenvalue weighted by Crippen LogP contribution is -2.46. The summed E-state index contributed by atoms with van der Waals surface area (Å²) < 4.78 is 5.99. The third kappa shape index (κ3) is 5.34. The lowest BCUT2D eigenvalue weighted by atomic mass is 10.1. The molecule has 2 fully saturated rings. The van der Waals surface area contributed by atoms with E-state index in [1.54, 1.807) is 17.3 Å². The first-order chi connectivity index (χ1) is 14.2. The molecule has 6 nitrogen and oxygen atoms in total. The SMILES string of the molecule is O=C(NC1CC1)[C@@H]1C[C@H](Oc2cccnc2)CN1C(=O)CCCc1ccccc1. The van der Waals surface area contributed by atoms with Gasteiger partial charge in [-0.15, -0.1) is 0 Å². The first kappa shape index (κ1) is 19.4. The van der Waals surface area contributed by atoms with E-state index in [-0.39, 0.29) is 24.0 Å². The minimum Gasteiger partial charge on any atom is -0.487 e. The van der Waals surface area contributed by atoms with Gasteiger partial charge in [0.2, 0.25) is 11.8 Å². The molecule has 2 aromatic rings. The van der Waals surface area contributed by atoms with Crippen LogP contribution in [0.4, 0.5) is 0 Å². The predicted octanol–water partition coefficient (Wildman–Crippen LogP) is 2.73. The Kier molecular flexibility index (Phi) is 6.08. The monoisotopic (exact) mass is 393 g/mol. The highest BCUT2D eigenvalue weighted by atomic mass is 16.5. The number of pyridine rings is 1. The number of rotatable bonds is 8. The van der Waals surface area contributed by atoms with Crippen molar-refractivity contribution in [2.45, 2.75) is 56.7 Å². The van der Waals surface area contributed by atoms with Gasteiger partial charge in [-0.2, -0.15) is 0 Å². The van der Waals surface area contributed by atoms with Crippen LogP contribution >= 0.6 is 0 Å². The summed E-state index contributed by atoms with van der Waals surface area (Å²) in [5.74, 6) is 0.632. The van der Waals surface area contributed by atoms with Crippen molar-refractivity contribution in [1.82, 2.24) is 15.2 Å². The van der Waals surface area contributed by atoms with Gasteiger partial charge >= 0.3 is 0 Å². The van der Waals surface area contributed by atoms with E-state index < -0.39 is 6.04 Å². The maximum absolute atomic E-state index is 12.9. The number of carbonyl (C=O) groups excluding carboxylic acids is 2. The Labute approximate surface area is 171 Å². The Bertz CT molecular complexity index is 824. The highest BCUT2D eigenvalue weighted by Crippen LogP contribution is 2.26. The number of hydrogen-bond acceptors (Lipinski definition) is 4. The summed E-state index contributed by atoms with van der Waals surface area (Å²) in [7, 11) is 0. The van der Waals surface area contributed by atoms with Crippen molar-refractivity contribution in [2.75, 3.05) is 6.54 Å². The van der Waals surface area contributed by atoms with Crippen molar-refractivity contribution in [3.05, 3.63) is 60.4 Å². The number of aryl methyl sites for hydroxylation is 1. The molecule has 0 spiro atoms. The van der Waals surface area contributed by atoms with Crippen LogP contribution in [0.3, 0.4) is 0 Å². The fourth-order valence-electron chi connectivity index (χ4n) is 3.77. The molecule has 1 saturated carbocycles. The molecule has 0 unspecified atom stereocenters. The summed E-state index contributed by atoms with van der Waals surface area (Å²) in [6.45, 7) is 0.432. The van der Waals surface area contributed by atoms with Gasteiger partial charge < -0.3 is 15.0 Å². The van der Waals surface area contributed by atoms with Crippen molar-refractivity contribution < 1.29 is 14.3 Å². The second kappa shape index (κ2) is 9.07. The fourth-order valence-corrected chi connectivity index (χ4v) is 3.77. The van der Waals surface area contributed by atoms with Gasteiger partial charge in [0.15, 0.2) is 0 Å². The van der Waals surface area contributed by atoms with Crippen LogP contribution in [0.1, 0.15) is 37.7 Å². The second-order valence-electron chi connectivity index (χ2n) is 7.85. The topological polar surface area (TPSA) is 71.5 Å². The number of nitrogens with zero attached hydrogens (tertiary/aromatic N) is 2. The first-order valence-corrected chi connectivity index (χ1v) is 10.4. The maximum Gasteiger partial charge on any atom is 0.243 e. The second-order valence-corrected chi connectivity index (χ2v) is 7.85. The average Bonchev–Trinajstić information content (AvgIpc) is 3.45. The number of hydrogen-bond donors (Lipinski definition) is 1. The normalized spacial score (nSPS) is 21.0. The van der Waals surface area contributed by atoms with Gasteiger partial charge in [-0.05, 0) is 43.4 Å². The van der Waals surface area contributed by atoms with Crippen molar-refractivity contribution in [1.29, 1.82) is 0 Å². The number of aromatic nitrogens is 1. The molecule has 29 heavy (non-hydrogen) atoms. The molecule has 1 aliphatic carbocycles. The smallest absolute Gasteiger partial charge is 0.243 e. The molecule has 2 heterocycles. The number of ether oxygens (including phenoxy) is 1.